The van der Waals surface area contributed by atoms with E-state index in [1.807, 2.05) is 6.92 Å². The lowest BCUT2D eigenvalue weighted by Gasteiger charge is -2.23. The van der Waals surface area contributed by atoms with Crippen molar-refractivity contribution in [3.8, 4) is 5.75 Å². The molecule has 30 heavy (non-hydrogen) atoms. The molecule has 0 aliphatic heterocycles. The van der Waals surface area contributed by atoms with Gasteiger partial charge in [0.1, 0.15) is 5.75 Å². The molecule has 0 bridgehead atoms. The molecule has 7 heteroatoms. The predicted molar refractivity (Wildman–Crippen MR) is 117 cm³/mol. The number of rotatable bonds is 8. The smallest absolute Gasteiger partial charge is 0.243 e. The minimum Gasteiger partial charge on any atom is -0.497 e. The molecule has 6 nitrogen and oxygen atoms in total. The zero-order chi connectivity index (χ0) is 21.7. The van der Waals surface area contributed by atoms with Gasteiger partial charge in [-0.25, -0.2) is 8.42 Å². The van der Waals surface area contributed by atoms with Crippen molar-refractivity contribution in [3.05, 3.63) is 59.2 Å². The first-order valence-corrected chi connectivity index (χ1v) is 11.8. The summed E-state index contributed by atoms with van der Waals surface area (Å²) in [6.45, 7) is 1.78. The highest BCUT2D eigenvalue weighted by Gasteiger charge is 2.24. The molecule has 0 spiro atoms. The second-order valence-corrected chi connectivity index (χ2v) is 9.75. The van der Waals surface area contributed by atoms with Crippen LogP contribution in [0.25, 0.3) is 0 Å². The second-order valence-electron chi connectivity index (χ2n) is 7.70. The van der Waals surface area contributed by atoms with Crippen LogP contribution in [0.1, 0.15) is 48.9 Å². The Balaban J connectivity index is 1.66. The summed E-state index contributed by atoms with van der Waals surface area (Å²) in [5.74, 6) is 0.254. The molecule has 3 rings (SSSR count). The lowest BCUT2D eigenvalue weighted by atomic mass is 9.89. The number of carbonyl (C=O) groups is 1. The van der Waals surface area contributed by atoms with E-state index < -0.39 is 10.0 Å². The van der Waals surface area contributed by atoms with Crippen molar-refractivity contribution in [1.29, 1.82) is 0 Å². The summed E-state index contributed by atoms with van der Waals surface area (Å²) >= 11 is 0. The van der Waals surface area contributed by atoms with Gasteiger partial charge in [-0.05, 0) is 73.1 Å². The maximum Gasteiger partial charge on any atom is 0.243 e. The fourth-order valence-electron chi connectivity index (χ4n) is 3.85. The molecular weight excluding hydrogens is 400 g/mol. The first-order chi connectivity index (χ1) is 14.3. The van der Waals surface area contributed by atoms with Gasteiger partial charge in [-0.2, -0.15) is 4.31 Å². The number of nitrogens with zero attached hydrogens (tertiary/aromatic N) is 1. The maximum atomic E-state index is 12.8. The van der Waals surface area contributed by atoms with Crippen molar-refractivity contribution in [2.75, 3.05) is 20.7 Å². The molecule has 0 fully saturated rings. The van der Waals surface area contributed by atoms with Gasteiger partial charge in [0.25, 0.3) is 0 Å². The number of carbonyl (C=O) groups excluding carboxylic acids is 1. The molecule has 0 saturated carbocycles. The van der Waals surface area contributed by atoms with Crippen molar-refractivity contribution in [3.63, 3.8) is 0 Å². The first kappa shape index (κ1) is 22.3. The number of hydrogen-bond donors (Lipinski definition) is 1. The molecular formula is C23H30N2O4S. The number of methoxy groups -OCH3 is 1. The van der Waals surface area contributed by atoms with Crippen LogP contribution >= 0.6 is 0 Å². The Morgan fingerprint density at radius 3 is 2.40 bits per heavy atom. The zero-order valence-electron chi connectivity index (χ0n) is 17.8. The third-order valence-electron chi connectivity index (χ3n) is 5.65. The van der Waals surface area contributed by atoms with Crippen LogP contribution in [0.5, 0.6) is 5.75 Å². The highest BCUT2D eigenvalue weighted by Crippen LogP contribution is 2.26. The Kier molecular flexibility index (Phi) is 7.15. The molecule has 0 unspecified atom stereocenters. The van der Waals surface area contributed by atoms with Gasteiger partial charge in [-0.3, -0.25) is 4.79 Å². The second kappa shape index (κ2) is 9.62. The van der Waals surface area contributed by atoms with E-state index in [9.17, 15) is 13.2 Å². The third-order valence-corrected chi connectivity index (χ3v) is 7.47. The third kappa shape index (κ3) is 5.02. The van der Waals surface area contributed by atoms with E-state index in [4.69, 9.17) is 4.74 Å². The number of benzene rings is 2. The highest BCUT2D eigenvalue weighted by atomic mass is 32.2. The van der Waals surface area contributed by atoms with Crippen LogP contribution in [-0.4, -0.2) is 39.3 Å². The Morgan fingerprint density at radius 2 is 1.77 bits per heavy atom. The summed E-state index contributed by atoms with van der Waals surface area (Å²) in [4.78, 5) is 12.8. The van der Waals surface area contributed by atoms with Gasteiger partial charge in [0, 0.05) is 7.05 Å². The van der Waals surface area contributed by atoms with Gasteiger partial charge in [-0.15, -0.1) is 0 Å². The van der Waals surface area contributed by atoms with Crippen LogP contribution in [0.3, 0.4) is 0 Å². The standard InChI is InChI=1S/C23H30N2O4S/c1-4-22(19-10-9-17-7-5-6-8-18(17)15-19)24-23(26)16-25(2)30(27,28)21-13-11-20(29-3)12-14-21/h9-15,22H,4-8,16H2,1-3H3,(H,24,26)/t22-/m0/s1. The maximum absolute atomic E-state index is 12.8. The van der Waals surface area contributed by atoms with Gasteiger partial charge >= 0.3 is 0 Å². The molecule has 0 aromatic heterocycles. The lowest BCUT2D eigenvalue weighted by molar-refractivity contribution is -0.121. The Morgan fingerprint density at radius 1 is 1.10 bits per heavy atom. The topological polar surface area (TPSA) is 75.7 Å². The number of sulfonamides is 1. The number of amides is 1. The molecule has 0 saturated heterocycles. The van der Waals surface area contributed by atoms with Gasteiger partial charge in [-0.1, -0.05) is 25.1 Å². The fourth-order valence-corrected chi connectivity index (χ4v) is 4.97. The summed E-state index contributed by atoms with van der Waals surface area (Å²) in [6.07, 6.45) is 5.37. The van der Waals surface area contributed by atoms with E-state index in [1.165, 1.54) is 50.3 Å². The monoisotopic (exact) mass is 430 g/mol. The van der Waals surface area contributed by atoms with E-state index in [1.54, 1.807) is 12.1 Å². The average Bonchev–Trinajstić information content (AvgIpc) is 2.77. The molecule has 162 valence electrons. The van der Waals surface area contributed by atoms with Crippen molar-refractivity contribution in [2.24, 2.45) is 0 Å². The molecule has 0 heterocycles. The zero-order valence-corrected chi connectivity index (χ0v) is 18.7. The number of fused-ring (bicyclic) bond motifs is 1. The van der Waals surface area contributed by atoms with Crippen LogP contribution in [0.2, 0.25) is 0 Å². The minimum atomic E-state index is -3.76. The molecule has 1 N–H and O–H groups in total. The normalized spacial score (nSPS) is 14.8. The largest absolute Gasteiger partial charge is 0.497 e. The SMILES string of the molecule is CC[C@H](NC(=O)CN(C)S(=O)(=O)c1ccc(OC)cc1)c1ccc2c(c1)CCCC2. The fraction of sp³-hybridized carbons (Fsp3) is 0.435. The quantitative estimate of drug-likeness (QED) is 0.696. The Hall–Kier alpha value is -2.38. The van der Waals surface area contributed by atoms with Gasteiger partial charge in [0.15, 0.2) is 0 Å². The minimum absolute atomic E-state index is 0.125. The summed E-state index contributed by atoms with van der Waals surface area (Å²) in [7, 11) is -0.825. The van der Waals surface area contributed by atoms with E-state index in [2.05, 4.69) is 23.5 Å². The van der Waals surface area contributed by atoms with Crippen LogP contribution in [0, 0.1) is 0 Å². The summed E-state index contributed by atoms with van der Waals surface area (Å²) < 4.78 is 31.7. The van der Waals surface area contributed by atoms with Crippen LogP contribution in [0.4, 0.5) is 0 Å². The van der Waals surface area contributed by atoms with Crippen molar-refractivity contribution < 1.29 is 17.9 Å². The van der Waals surface area contributed by atoms with E-state index in [-0.39, 0.29) is 23.4 Å². The Bertz CT molecular complexity index is 987. The molecule has 1 amide bonds. The van der Waals surface area contributed by atoms with Crippen molar-refractivity contribution in [2.45, 2.75) is 50.0 Å². The van der Waals surface area contributed by atoms with Crippen molar-refractivity contribution in [1.82, 2.24) is 9.62 Å². The summed E-state index contributed by atoms with van der Waals surface area (Å²) in [5, 5.41) is 3.00. The van der Waals surface area contributed by atoms with Crippen LogP contribution < -0.4 is 10.1 Å². The van der Waals surface area contributed by atoms with E-state index in [0.29, 0.717) is 5.75 Å². The lowest BCUT2D eigenvalue weighted by Crippen LogP contribution is -2.39. The molecule has 1 aliphatic rings. The first-order valence-electron chi connectivity index (χ1n) is 10.4. The summed E-state index contributed by atoms with van der Waals surface area (Å²) in [5.41, 5.74) is 3.84. The summed E-state index contributed by atoms with van der Waals surface area (Å²) in [6, 6.07) is 12.4. The van der Waals surface area contributed by atoms with Gasteiger partial charge in [0.2, 0.25) is 15.9 Å². The molecule has 2 aromatic carbocycles. The number of aryl methyl sites for hydroxylation is 2. The molecule has 1 atom stereocenters. The number of ether oxygens (including phenoxy) is 1. The van der Waals surface area contributed by atoms with Crippen LogP contribution in [0.15, 0.2) is 47.4 Å². The average molecular weight is 431 g/mol. The highest BCUT2D eigenvalue weighted by molar-refractivity contribution is 7.89. The predicted octanol–water partition coefficient (Wildman–Crippen LogP) is 3.46. The molecule has 1 aliphatic carbocycles. The van der Waals surface area contributed by atoms with Gasteiger partial charge in [0.05, 0.1) is 24.6 Å². The Labute approximate surface area is 179 Å². The van der Waals surface area contributed by atoms with E-state index in [0.717, 1.165) is 29.1 Å². The van der Waals surface area contributed by atoms with Crippen LogP contribution in [-0.2, 0) is 27.7 Å². The van der Waals surface area contributed by atoms with E-state index >= 15 is 0 Å². The number of likely N-dealkylation sites (N-methyl/N-ethyl adjacent to an activating group) is 1. The number of nitrogens with one attached hydrogen (secondary N) is 1. The molecule has 2 aromatic rings. The van der Waals surface area contributed by atoms with Crippen molar-refractivity contribution >= 4 is 15.9 Å². The number of hydrogen-bond acceptors (Lipinski definition) is 4. The van der Waals surface area contributed by atoms with Gasteiger partial charge < -0.3 is 10.1 Å². The molecule has 0 radical (unpaired) electrons.